The molecule has 0 aliphatic carbocycles. The smallest absolute Gasteiger partial charge is 0.212 e. The monoisotopic (exact) mass is 301 g/mol. The maximum Gasteiger partial charge on any atom is 0.251 e. The van der Waals surface area contributed by atoms with Crippen LogP contribution in [0.5, 0.6) is 0 Å². The fourth-order valence-corrected chi connectivity index (χ4v) is 2.72. The molecule has 102 valence electrons. The van der Waals surface area contributed by atoms with Crippen LogP contribution in [0.2, 0.25) is 5.02 Å². The average Bonchev–Trinajstić information content (AvgIpc) is 2.27. The van der Waals surface area contributed by atoms with E-state index in [1.165, 1.54) is 6.07 Å². The summed E-state index contributed by atoms with van der Waals surface area (Å²) in [6, 6.07) is 2.49. The lowest BCUT2D eigenvalue weighted by Gasteiger charge is -2.10. The van der Waals surface area contributed by atoms with Gasteiger partial charge >= 0.3 is 0 Å². The van der Waals surface area contributed by atoms with Crippen molar-refractivity contribution in [3.05, 3.63) is 34.1 Å². The molecule has 0 aromatic heterocycles. The Kier molecular flexibility index (Phi) is 5.01. The van der Waals surface area contributed by atoms with Crippen LogP contribution in [0, 0.1) is 12.7 Å². The molecule has 0 saturated heterocycles. The number of benzene rings is 1. The van der Waals surface area contributed by atoms with Gasteiger partial charge < -0.3 is 0 Å². The Labute approximate surface area is 108 Å². The van der Waals surface area contributed by atoms with Crippen molar-refractivity contribution in [3.8, 4) is 0 Å². The van der Waals surface area contributed by atoms with E-state index in [-0.39, 0.29) is 10.6 Å². The molecule has 0 amide bonds. The highest BCUT2D eigenvalue weighted by Crippen LogP contribution is 2.25. The summed E-state index contributed by atoms with van der Waals surface area (Å²) in [6.07, 6.45) is -2.81. The number of sulfonamides is 1. The molecule has 0 heterocycles. The Hall–Kier alpha value is -0.790. The zero-order chi connectivity index (χ0) is 13.9. The highest BCUT2D eigenvalue weighted by molar-refractivity contribution is 7.88. The predicted molar refractivity (Wildman–Crippen MR) is 62.8 cm³/mol. The van der Waals surface area contributed by atoms with E-state index in [1.54, 1.807) is 11.6 Å². The molecular formula is C10H11ClF3NO2S. The second-order valence-electron chi connectivity index (χ2n) is 3.66. The van der Waals surface area contributed by atoms with Crippen LogP contribution in [-0.2, 0) is 15.8 Å². The Balaban J connectivity index is 2.94. The van der Waals surface area contributed by atoms with Crippen LogP contribution >= 0.6 is 11.6 Å². The van der Waals surface area contributed by atoms with E-state index in [0.29, 0.717) is 5.56 Å². The van der Waals surface area contributed by atoms with Crippen LogP contribution in [0.1, 0.15) is 11.1 Å². The summed E-state index contributed by atoms with van der Waals surface area (Å²) in [6.45, 7) is 0.581. The number of hydrogen-bond donors (Lipinski definition) is 1. The molecule has 0 fully saturated rings. The van der Waals surface area contributed by atoms with Crippen molar-refractivity contribution < 1.29 is 21.6 Å². The topological polar surface area (TPSA) is 46.2 Å². The average molecular weight is 302 g/mol. The molecule has 0 saturated carbocycles. The van der Waals surface area contributed by atoms with Gasteiger partial charge in [-0.15, -0.1) is 0 Å². The van der Waals surface area contributed by atoms with Crippen molar-refractivity contribution >= 4 is 21.6 Å². The Morgan fingerprint density at radius 1 is 1.39 bits per heavy atom. The first-order valence-corrected chi connectivity index (χ1v) is 6.95. The summed E-state index contributed by atoms with van der Waals surface area (Å²) in [7, 11) is -4.05. The SMILES string of the molecule is Cc1ccc(F)c(CS(=O)(=O)NCC(F)F)c1Cl. The lowest BCUT2D eigenvalue weighted by molar-refractivity contribution is 0.153. The molecule has 0 spiro atoms. The van der Waals surface area contributed by atoms with Gasteiger partial charge in [0.15, 0.2) is 0 Å². The molecule has 1 aromatic carbocycles. The standard InChI is InChI=1S/C10H11ClF3NO2S/c1-6-2-3-8(12)7(10(6)11)5-18(16,17)15-4-9(13)14/h2-3,9,15H,4-5H2,1H3. The molecule has 0 aliphatic heterocycles. The van der Waals surface area contributed by atoms with Crippen molar-refractivity contribution in [2.45, 2.75) is 19.1 Å². The molecule has 3 nitrogen and oxygen atoms in total. The third-order valence-corrected chi connectivity index (χ3v) is 3.97. The maximum atomic E-state index is 13.4. The molecule has 18 heavy (non-hydrogen) atoms. The summed E-state index contributed by atoms with van der Waals surface area (Å²) >= 11 is 5.79. The highest BCUT2D eigenvalue weighted by Gasteiger charge is 2.19. The van der Waals surface area contributed by atoms with Gasteiger partial charge in [0, 0.05) is 5.56 Å². The zero-order valence-corrected chi connectivity index (χ0v) is 11.0. The first kappa shape index (κ1) is 15.3. The van der Waals surface area contributed by atoms with Crippen molar-refractivity contribution in [1.29, 1.82) is 0 Å². The highest BCUT2D eigenvalue weighted by atomic mass is 35.5. The van der Waals surface area contributed by atoms with Crippen LogP contribution < -0.4 is 4.72 Å². The van der Waals surface area contributed by atoms with Crippen molar-refractivity contribution in [3.63, 3.8) is 0 Å². The summed E-state index contributed by atoms with van der Waals surface area (Å²) in [5, 5.41) is -0.0163. The minimum atomic E-state index is -4.05. The molecule has 1 aromatic rings. The molecule has 0 radical (unpaired) electrons. The van der Waals surface area contributed by atoms with Gasteiger partial charge in [-0.2, -0.15) is 0 Å². The number of halogens is 4. The van der Waals surface area contributed by atoms with Gasteiger partial charge in [-0.1, -0.05) is 17.7 Å². The second-order valence-corrected chi connectivity index (χ2v) is 5.84. The van der Waals surface area contributed by atoms with Crippen LogP contribution in [-0.4, -0.2) is 21.4 Å². The first-order chi connectivity index (χ1) is 8.23. The van der Waals surface area contributed by atoms with Gasteiger partial charge in [0.2, 0.25) is 10.0 Å². The third kappa shape index (κ3) is 4.15. The van der Waals surface area contributed by atoms with Crippen molar-refractivity contribution in [2.24, 2.45) is 0 Å². The van der Waals surface area contributed by atoms with Gasteiger partial charge in [0.25, 0.3) is 6.43 Å². The molecule has 8 heteroatoms. The molecule has 1 rings (SSSR count). The van der Waals surface area contributed by atoms with Crippen LogP contribution in [0.15, 0.2) is 12.1 Å². The minimum absolute atomic E-state index is 0.0163. The van der Waals surface area contributed by atoms with E-state index < -0.39 is 34.6 Å². The van der Waals surface area contributed by atoms with Gasteiger partial charge in [-0.25, -0.2) is 26.3 Å². The van der Waals surface area contributed by atoms with Crippen molar-refractivity contribution in [2.75, 3.05) is 6.54 Å². The van der Waals surface area contributed by atoms with Crippen LogP contribution in [0.4, 0.5) is 13.2 Å². The second kappa shape index (κ2) is 5.90. The fraction of sp³-hybridized carbons (Fsp3) is 0.400. The number of hydrogen-bond acceptors (Lipinski definition) is 2. The lowest BCUT2D eigenvalue weighted by Crippen LogP contribution is -2.30. The Morgan fingerprint density at radius 2 is 2.00 bits per heavy atom. The summed E-state index contributed by atoms with van der Waals surface area (Å²) in [4.78, 5) is 0. The number of nitrogens with one attached hydrogen (secondary N) is 1. The maximum absolute atomic E-state index is 13.4. The molecule has 0 bridgehead atoms. The van der Waals surface area contributed by atoms with Crippen LogP contribution in [0.3, 0.4) is 0 Å². The van der Waals surface area contributed by atoms with E-state index in [0.717, 1.165) is 6.07 Å². The molecule has 0 aliphatic rings. The zero-order valence-electron chi connectivity index (χ0n) is 9.38. The van der Waals surface area contributed by atoms with Gasteiger partial charge in [-0.05, 0) is 18.6 Å². The normalized spacial score (nSPS) is 12.1. The third-order valence-electron chi connectivity index (χ3n) is 2.17. The number of rotatable bonds is 5. The van der Waals surface area contributed by atoms with Crippen LogP contribution in [0.25, 0.3) is 0 Å². The quantitative estimate of drug-likeness (QED) is 0.908. The van der Waals surface area contributed by atoms with Gasteiger partial charge in [-0.3, -0.25) is 0 Å². The molecule has 0 unspecified atom stereocenters. The molecule has 0 atom stereocenters. The number of alkyl halides is 2. The summed E-state index contributed by atoms with van der Waals surface area (Å²) < 4.78 is 61.8. The van der Waals surface area contributed by atoms with E-state index in [9.17, 15) is 21.6 Å². The predicted octanol–water partition coefficient (Wildman–Crippen LogP) is 2.47. The first-order valence-electron chi connectivity index (χ1n) is 4.92. The molecule has 1 N–H and O–H groups in total. The van der Waals surface area contributed by atoms with Gasteiger partial charge in [0.05, 0.1) is 17.3 Å². The largest absolute Gasteiger partial charge is 0.251 e. The van der Waals surface area contributed by atoms with Gasteiger partial charge in [0.1, 0.15) is 5.82 Å². The minimum Gasteiger partial charge on any atom is -0.212 e. The summed E-state index contributed by atoms with van der Waals surface area (Å²) in [5.41, 5.74) is 0.288. The summed E-state index contributed by atoms with van der Waals surface area (Å²) in [5.74, 6) is -1.56. The van der Waals surface area contributed by atoms with E-state index in [4.69, 9.17) is 11.6 Å². The number of aryl methyl sites for hydroxylation is 1. The van der Waals surface area contributed by atoms with E-state index >= 15 is 0 Å². The fourth-order valence-electron chi connectivity index (χ4n) is 1.28. The van der Waals surface area contributed by atoms with E-state index in [1.807, 2.05) is 0 Å². The van der Waals surface area contributed by atoms with Crippen molar-refractivity contribution in [1.82, 2.24) is 4.72 Å². The molecular weight excluding hydrogens is 291 g/mol. The van der Waals surface area contributed by atoms with E-state index in [2.05, 4.69) is 0 Å². The lowest BCUT2D eigenvalue weighted by atomic mass is 10.1. The Bertz CT molecular complexity index is 534. The Morgan fingerprint density at radius 3 is 2.56 bits per heavy atom.